The first kappa shape index (κ1) is 16.4. The molecule has 0 saturated carbocycles. The van der Waals surface area contributed by atoms with Crippen LogP contribution in [0.5, 0.6) is 0 Å². The Kier molecular flexibility index (Phi) is 4.41. The van der Waals surface area contributed by atoms with Gasteiger partial charge in [-0.15, -0.1) is 11.3 Å². The first-order chi connectivity index (χ1) is 12.7. The fourth-order valence-corrected chi connectivity index (χ4v) is 3.76. The van der Waals surface area contributed by atoms with E-state index in [-0.39, 0.29) is 19.0 Å². The number of benzene rings is 1. The highest BCUT2D eigenvalue weighted by Crippen LogP contribution is 2.31. The van der Waals surface area contributed by atoms with Crippen molar-refractivity contribution in [3.05, 3.63) is 77.9 Å². The van der Waals surface area contributed by atoms with Crippen molar-refractivity contribution in [2.24, 2.45) is 0 Å². The second kappa shape index (κ2) is 7.01. The van der Waals surface area contributed by atoms with Crippen LogP contribution < -0.4 is 10.0 Å². The molecule has 1 aromatic carbocycles. The summed E-state index contributed by atoms with van der Waals surface area (Å²) in [7, 11) is 0. The van der Waals surface area contributed by atoms with Gasteiger partial charge in [0.25, 0.3) is 5.69 Å². The summed E-state index contributed by atoms with van der Waals surface area (Å²) in [6, 6.07) is 19.6. The zero-order valence-electron chi connectivity index (χ0n) is 14.0. The molecule has 0 unspecified atom stereocenters. The summed E-state index contributed by atoms with van der Waals surface area (Å²) in [5.74, 6) is -0.104. The fourth-order valence-electron chi connectivity index (χ4n) is 3.01. The molecule has 0 aliphatic heterocycles. The summed E-state index contributed by atoms with van der Waals surface area (Å²) in [4.78, 5) is 13.7. The number of aromatic nitrogens is 2. The molecule has 0 saturated heterocycles. The fraction of sp³-hybridized carbons (Fsp3) is 0.100. The lowest BCUT2D eigenvalue weighted by molar-refractivity contribution is -0.909. The SMILES string of the molecule is O=C(Cn1c(-c2cccs2)cc2ccccc21)NCc1cccc[n+]1O. The number of hydrogen-bond donors (Lipinski definition) is 2. The zero-order chi connectivity index (χ0) is 17.9. The van der Waals surface area contributed by atoms with Gasteiger partial charge in [-0.25, -0.2) is 0 Å². The van der Waals surface area contributed by atoms with Gasteiger partial charge < -0.3 is 9.88 Å². The maximum atomic E-state index is 12.5. The van der Waals surface area contributed by atoms with Crippen molar-refractivity contribution in [3.8, 4) is 10.6 Å². The molecule has 1 amide bonds. The van der Waals surface area contributed by atoms with Gasteiger partial charge in [0.15, 0.2) is 0 Å². The molecule has 2 N–H and O–H groups in total. The molecular weight excluding hydrogens is 346 g/mol. The van der Waals surface area contributed by atoms with Crippen LogP contribution in [-0.2, 0) is 17.9 Å². The van der Waals surface area contributed by atoms with Gasteiger partial charge in [-0.3, -0.25) is 10.0 Å². The Morgan fingerprint density at radius 3 is 2.77 bits per heavy atom. The van der Waals surface area contributed by atoms with Gasteiger partial charge in [-0.2, -0.15) is 0 Å². The number of para-hydroxylation sites is 1. The number of thiophene rings is 1. The van der Waals surface area contributed by atoms with Crippen molar-refractivity contribution in [1.29, 1.82) is 0 Å². The van der Waals surface area contributed by atoms with Crippen molar-refractivity contribution >= 4 is 28.1 Å². The minimum absolute atomic E-state index is 0.104. The van der Waals surface area contributed by atoms with Crippen molar-refractivity contribution in [3.63, 3.8) is 0 Å². The quantitative estimate of drug-likeness (QED) is 0.422. The predicted molar refractivity (Wildman–Crippen MR) is 101 cm³/mol. The first-order valence-corrected chi connectivity index (χ1v) is 9.18. The molecule has 0 aliphatic carbocycles. The standard InChI is InChI=1S/C20H17N3O2S/c24-20(21-13-16-7-3-4-10-23(16)25)14-22-17-8-2-1-6-15(17)12-18(22)19-9-5-11-26-19/h1-12H,13-14H2,(H-,21,24,25)/p+1. The van der Waals surface area contributed by atoms with Gasteiger partial charge in [0.2, 0.25) is 12.1 Å². The number of hydrogen-bond acceptors (Lipinski definition) is 3. The average Bonchev–Trinajstić information content (AvgIpc) is 3.29. The number of rotatable bonds is 5. The van der Waals surface area contributed by atoms with Crippen LogP contribution in [0.15, 0.2) is 72.2 Å². The van der Waals surface area contributed by atoms with E-state index in [0.717, 1.165) is 26.2 Å². The summed E-state index contributed by atoms with van der Waals surface area (Å²) in [6.07, 6.45) is 1.54. The molecular formula is C20H18N3O2S+. The Morgan fingerprint density at radius 2 is 1.96 bits per heavy atom. The average molecular weight is 364 g/mol. The van der Waals surface area contributed by atoms with Crippen LogP contribution in [0.25, 0.3) is 21.5 Å². The highest BCUT2D eigenvalue weighted by Gasteiger charge is 2.15. The molecule has 0 radical (unpaired) electrons. The number of nitrogens with zero attached hydrogens (tertiary/aromatic N) is 2. The Morgan fingerprint density at radius 1 is 1.12 bits per heavy atom. The molecule has 0 bridgehead atoms. The van der Waals surface area contributed by atoms with Gasteiger partial charge in [0, 0.05) is 27.8 Å². The van der Waals surface area contributed by atoms with E-state index in [2.05, 4.69) is 23.5 Å². The van der Waals surface area contributed by atoms with Crippen molar-refractivity contribution in [1.82, 2.24) is 9.88 Å². The predicted octanol–water partition coefficient (Wildman–Crippen LogP) is 3.21. The maximum Gasteiger partial charge on any atom is 0.253 e. The summed E-state index contributed by atoms with van der Waals surface area (Å²) in [6.45, 7) is 0.489. The highest BCUT2D eigenvalue weighted by molar-refractivity contribution is 7.13. The van der Waals surface area contributed by atoms with Crippen LogP contribution in [-0.4, -0.2) is 15.7 Å². The van der Waals surface area contributed by atoms with Crippen LogP contribution >= 0.6 is 11.3 Å². The van der Waals surface area contributed by atoms with E-state index < -0.39 is 0 Å². The van der Waals surface area contributed by atoms with Crippen molar-refractivity contribution in [2.45, 2.75) is 13.1 Å². The van der Waals surface area contributed by atoms with Crippen LogP contribution in [0.2, 0.25) is 0 Å². The molecule has 0 aliphatic rings. The molecule has 0 spiro atoms. The second-order valence-electron chi connectivity index (χ2n) is 5.97. The van der Waals surface area contributed by atoms with Gasteiger partial charge in [0.1, 0.15) is 13.1 Å². The minimum atomic E-state index is -0.104. The third-order valence-electron chi connectivity index (χ3n) is 4.27. The molecule has 3 aromatic heterocycles. The zero-order valence-corrected chi connectivity index (χ0v) is 14.8. The largest absolute Gasteiger partial charge is 0.344 e. The number of fused-ring (bicyclic) bond motifs is 1. The van der Waals surface area contributed by atoms with E-state index in [1.54, 1.807) is 23.5 Å². The third kappa shape index (κ3) is 3.19. The van der Waals surface area contributed by atoms with E-state index in [0.29, 0.717) is 5.69 Å². The van der Waals surface area contributed by atoms with E-state index >= 15 is 0 Å². The van der Waals surface area contributed by atoms with E-state index in [9.17, 15) is 10.0 Å². The smallest absolute Gasteiger partial charge is 0.253 e. The van der Waals surface area contributed by atoms with E-state index in [4.69, 9.17) is 0 Å². The first-order valence-electron chi connectivity index (χ1n) is 8.30. The normalized spacial score (nSPS) is 10.9. The molecule has 0 fully saturated rings. The molecule has 3 heterocycles. The molecule has 4 aromatic rings. The Bertz CT molecular complexity index is 1050. The number of pyridine rings is 1. The van der Waals surface area contributed by atoms with Crippen LogP contribution in [0, 0.1) is 0 Å². The topological polar surface area (TPSA) is 58.1 Å². The summed E-state index contributed by atoms with van der Waals surface area (Å²) in [5.41, 5.74) is 2.69. The third-order valence-corrected chi connectivity index (χ3v) is 5.17. The number of amides is 1. The molecule has 130 valence electrons. The molecule has 6 heteroatoms. The van der Waals surface area contributed by atoms with Crippen molar-refractivity contribution < 1.29 is 14.7 Å². The van der Waals surface area contributed by atoms with Crippen LogP contribution in [0.4, 0.5) is 0 Å². The van der Waals surface area contributed by atoms with Gasteiger partial charge in [-0.1, -0.05) is 24.3 Å². The van der Waals surface area contributed by atoms with Gasteiger partial charge >= 0.3 is 0 Å². The lowest BCUT2D eigenvalue weighted by Crippen LogP contribution is -2.38. The summed E-state index contributed by atoms with van der Waals surface area (Å²) >= 11 is 1.66. The lowest BCUT2D eigenvalue weighted by atomic mass is 10.2. The highest BCUT2D eigenvalue weighted by atomic mass is 32.1. The number of nitrogens with one attached hydrogen (secondary N) is 1. The van der Waals surface area contributed by atoms with Gasteiger partial charge in [0.05, 0.1) is 10.6 Å². The molecule has 26 heavy (non-hydrogen) atoms. The molecule has 4 rings (SSSR count). The molecule has 0 atom stereocenters. The van der Waals surface area contributed by atoms with Crippen LogP contribution in [0.3, 0.4) is 0 Å². The lowest BCUT2D eigenvalue weighted by Gasteiger charge is -2.10. The second-order valence-corrected chi connectivity index (χ2v) is 6.91. The summed E-state index contributed by atoms with van der Waals surface area (Å²) in [5, 5.41) is 15.8. The Hall–Kier alpha value is -3.12. The minimum Gasteiger partial charge on any atom is -0.344 e. The van der Waals surface area contributed by atoms with Crippen LogP contribution in [0.1, 0.15) is 5.69 Å². The Labute approximate surface area is 154 Å². The van der Waals surface area contributed by atoms with Crippen molar-refractivity contribution in [2.75, 3.05) is 0 Å². The monoisotopic (exact) mass is 364 g/mol. The number of carbonyl (C=O) groups excluding carboxylic acids is 1. The maximum absolute atomic E-state index is 12.5. The summed E-state index contributed by atoms with van der Waals surface area (Å²) < 4.78 is 3.05. The van der Waals surface area contributed by atoms with Gasteiger partial charge in [-0.05, 0) is 29.6 Å². The van der Waals surface area contributed by atoms with E-state index in [1.807, 2.05) is 40.3 Å². The molecule has 5 nitrogen and oxygen atoms in total. The Balaban J connectivity index is 1.59. The van der Waals surface area contributed by atoms with E-state index in [1.165, 1.54) is 6.20 Å². The number of carbonyl (C=O) groups is 1.